The summed E-state index contributed by atoms with van der Waals surface area (Å²) in [6.07, 6.45) is 0. The van der Waals surface area contributed by atoms with E-state index in [4.69, 9.17) is 22.0 Å². The van der Waals surface area contributed by atoms with Crippen molar-refractivity contribution in [3.8, 4) is 12.1 Å². The highest BCUT2D eigenvalue weighted by atomic mass is 16.1. The van der Waals surface area contributed by atoms with E-state index in [1.165, 1.54) is 0 Å². The number of nitriles is 2. The molecule has 0 bridgehead atoms. The standard InChI is InChI=1S/C8H4N8O/c9-1-3-4(2-10)16-6(11)5(7(12)17)14-15-8(16)13-3/h11H2,(H2,12,17). The van der Waals surface area contributed by atoms with Crippen LogP contribution < -0.4 is 11.5 Å². The maximum absolute atomic E-state index is 11.0. The lowest BCUT2D eigenvalue weighted by Gasteiger charge is -2.02. The molecule has 0 spiro atoms. The van der Waals surface area contributed by atoms with Crippen LogP contribution in [0.1, 0.15) is 21.9 Å². The molecule has 0 aliphatic carbocycles. The number of nitrogens with zero attached hydrogens (tertiary/aromatic N) is 6. The highest BCUT2D eigenvalue weighted by Crippen LogP contribution is 2.15. The van der Waals surface area contributed by atoms with Crippen LogP contribution in [0.5, 0.6) is 0 Å². The Bertz CT molecular complexity index is 716. The zero-order valence-corrected chi connectivity index (χ0v) is 8.25. The van der Waals surface area contributed by atoms with Crippen LogP contribution in [-0.2, 0) is 0 Å². The predicted octanol–water partition coefficient (Wildman–Crippen LogP) is -1.45. The van der Waals surface area contributed by atoms with E-state index in [2.05, 4.69) is 15.2 Å². The molecule has 0 atom stereocenters. The Morgan fingerprint density at radius 2 is 2.00 bits per heavy atom. The molecule has 0 fully saturated rings. The minimum atomic E-state index is -0.881. The fourth-order valence-electron chi connectivity index (χ4n) is 1.31. The van der Waals surface area contributed by atoms with E-state index in [1.807, 2.05) is 0 Å². The highest BCUT2D eigenvalue weighted by molar-refractivity contribution is 5.95. The van der Waals surface area contributed by atoms with Gasteiger partial charge in [0.2, 0.25) is 0 Å². The van der Waals surface area contributed by atoms with Gasteiger partial charge in [-0.15, -0.1) is 10.2 Å². The molecule has 0 unspecified atom stereocenters. The van der Waals surface area contributed by atoms with Crippen LogP contribution in [-0.4, -0.2) is 25.5 Å². The van der Waals surface area contributed by atoms with Crippen molar-refractivity contribution in [2.45, 2.75) is 0 Å². The van der Waals surface area contributed by atoms with Crippen molar-refractivity contribution < 1.29 is 4.79 Å². The van der Waals surface area contributed by atoms with Crippen molar-refractivity contribution in [1.82, 2.24) is 19.6 Å². The third-order valence-electron chi connectivity index (χ3n) is 2.03. The first-order valence-electron chi connectivity index (χ1n) is 4.24. The van der Waals surface area contributed by atoms with Crippen molar-refractivity contribution in [3.63, 3.8) is 0 Å². The summed E-state index contributed by atoms with van der Waals surface area (Å²) in [5.74, 6) is -1.10. The summed E-state index contributed by atoms with van der Waals surface area (Å²) in [5, 5.41) is 24.7. The Balaban J connectivity index is 2.96. The maximum Gasteiger partial charge on any atom is 0.273 e. The molecule has 2 aromatic heterocycles. The molecule has 9 heteroatoms. The van der Waals surface area contributed by atoms with E-state index in [9.17, 15) is 4.79 Å². The molecule has 1 amide bonds. The van der Waals surface area contributed by atoms with Gasteiger partial charge < -0.3 is 11.5 Å². The average molecular weight is 228 g/mol. The number of primary amides is 1. The van der Waals surface area contributed by atoms with Gasteiger partial charge in [0.25, 0.3) is 11.7 Å². The van der Waals surface area contributed by atoms with Crippen LogP contribution in [0.4, 0.5) is 5.82 Å². The predicted molar refractivity (Wildman–Crippen MR) is 53.1 cm³/mol. The van der Waals surface area contributed by atoms with Gasteiger partial charge in [0.15, 0.2) is 17.1 Å². The number of amides is 1. The van der Waals surface area contributed by atoms with Gasteiger partial charge in [0, 0.05) is 0 Å². The number of carbonyl (C=O) groups is 1. The van der Waals surface area contributed by atoms with E-state index >= 15 is 0 Å². The number of rotatable bonds is 1. The molecular weight excluding hydrogens is 224 g/mol. The van der Waals surface area contributed by atoms with Gasteiger partial charge in [-0.25, -0.2) is 4.40 Å². The first-order valence-corrected chi connectivity index (χ1v) is 4.24. The minimum Gasteiger partial charge on any atom is -0.383 e. The van der Waals surface area contributed by atoms with Gasteiger partial charge in [0.1, 0.15) is 18.0 Å². The Hall–Kier alpha value is -3.20. The normalized spacial score (nSPS) is 9.76. The van der Waals surface area contributed by atoms with Crippen molar-refractivity contribution >= 4 is 17.5 Å². The molecule has 2 rings (SSSR count). The number of hydrogen-bond acceptors (Lipinski definition) is 7. The van der Waals surface area contributed by atoms with Crippen molar-refractivity contribution in [1.29, 1.82) is 10.5 Å². The second-order valence-electron chi connectivity index (χ2n) is 2.97. The minimum absolute atomic E-state index is 0.0411. The van der Waals surface area contributed by atoms with Gasteiger partial charge >= 0.3 is 0 Å². The number of carbonyl (C=O) groups excluding carboxylic acids is 1. The average Bonchev–Trinajstić information content (AvgIpc) is 2.67. The first-order chi connectivity index (χ1) is 8.10. The maximum atomic E-state index is 11.0. The summed E-state index contributed by atoms with van der Waals surface area (Å²) < 4.78 is 1.06. The van der Waals surface area contributed by atoms with Gasteiger partial charge in [0.05, 0.1) is 0 Å². The summed E-state index contributed by atoms with van der Waals surface area (Å²) >= 11 is 0. The molecule has 0 saturated heterocycles. The second kappa shape index (κ2) is 3.43. The lowest BCUT2D eigenvalue weighted by atomic mass is 10.3. The molecule has 2 heterocycles. The van der Waals surface area contributed by atoms with Crippen LogP contribution >= 0.6 is 0 Å². The lowest BCUT2D eigenvalue weighted by molar-refractivity contribution is 0.0995. The van der Waals surface area contributed by atoms with E-state index in [1.54, 1.807) is 12.1 Å². The molecule has 17 heavy (non-hydrogen) atoms. The van der Waals surface area contributed by atoms with Gasteiger partial charge in [-0.05, 0) is 0 Å². The summed E-state index contributed by atoms with van der Waals surface area (Å²) in [5.41, 5.74) is 10.1. The zero-order valence-electron chi connectivity index (χ0n) is 8.25. The van der Waals surface area contributed by atoms with E-state index in [0.29, 0.717) is 0 Å². The third kappa shape index (κ3) is 1.31. The zero-order chi connectivity index (χ0) is 12.6. The second-order valence-corrected chi connectivity index (χ2v) is 2.97. The Kier molecular flexibility index (Phi) is 2.08. The SMILES string of the molecule is N#Cc1nc2nnc(C(N)=O)c(N)n2c1C#N. The van der Waals surface area contributed by atoms with Gasteiger partial charge in [-0.3, -0.25) is 4.79 Å². The van der Waals surface area contributed by atoms with Crippen molar-refractivity contribution in [3.05, 3.63) is 17.1 Å². The van der Waals surface area contributed by atoms with Gasteiger partial charge in [-0.2, -0.15) is 15.5 Å². The first kappa shape index (κ1) is 10.3. The summed E-state index contributed by atoms with van der Waals surface area (Å²) in [6, 6.07) is 3.47. The van der Waals surface area contributed by atoms with E-state index in [0.717, 1.165) is 4.40 Å². The third-order valence-corrected chi connectivity index (χ3v) is 2.03. The summed E-state index contributed by atoms with van der Waals surface area (Å²) in [4.78, 5) is 14.7. The molecule has 82 valence electrons. The number of hydrogen-bond donors (Lipinski definition) is 2. The lowest BCUT2D eigenvalue weighted by Crippen LogP contribution is -2.19. The topological polar surface area (TPSA) is 160 Å². The molecule has 0 aliphatic rings. The fourth-order valence-corrected chi connectivity index (χ4v) is 1.31. The Morgan fingerprint density at radius 3 is 2.53 bits per heavy atom. The summed E-state index contributed by atoms with van der Waals surface area (Å²) in [7, 11) is 0. The highest BCUT2D eigenvalue weighted by Gasteiger charge is 2.19. The van der Waals surface area contributed by atoms with Crippen LogP contribution in [0.25, 0.3) is 5.78 Å². The van der Waals surface area contributed by atoms with Crippen LogP contribution in [0, 0.1) is 22.7 Å². The molecule has 0 radical (unpaired) electrons. The number of fused-ring (bicyclic) bond motifs is 1. The van der Waals surface area contributed by atoms with Crippen molar-refractivity contribution in [2.75, 3.05) is 5.73 Å². The number of nitrogen functional groups attached to an aromatic ring is 1. The number of aromatic nitrogens is 4. The number of imidazole rings is 1. The molecule has 4 N–H and O–H groups in total. The van der Waals surface area contributed by atoms with E-state index < -0.39 is 5.91 Å². The van der Waals surface area contributed by atoms with E-state index in [-0.39, 0.29) is 28.7 Å². The molecule has 0 saturated carbocycles. The summed E-state index contributed by atoms with van der Waals surface area (Å²) in [6.45, 7) is 0. The monoisotopic (exact) mass is 228 g/mol. The number of anilines is 1. The fraction of sp³-hybridized carbons (Fsp3) is 0. The molecule has 0 aliphatic heterocycles. The largest absolute Gasteiger partial charge is 0.383 e. The molecular formula is C8H4N8O. The van der Waals surface area contributed by atoms with Gasteiger partial charge in [-0.1, -0.05) is 0 Å². The smallest absolute Gasteiger partial charge is 0.273 e. The molecule has 2 aromatic rings. The van der Waals surface area contributed by atoms with Crippen molar-refractivity contribution in [2.24, 2.45) is 5.73 Å². The Labute approximate surface area is 93.9 Å². The molecule has 0 aromatic carbocycles. The van der Waals surface area contributed by atoms with Crippen LogP contribution in [0.3, 0.4) is 0 Å². The van der Waals surface area contributed by atoms with Crippen LogP contribution in [0.15, 0.2) is 0 Å². The van der Waals surface area contributed by atoms with Crippen LogP contribution in [0.2, 0.25) is 0 Å². The molecule has 9 nitrogen and oxygen atoms in total. The quantitative estimate of drug-likeness (QED) is 0.603. The Morgan fingerprint density at radius 1 is 1.29 bits per heavy atom. The number of nitrogens with two attached hydrogens (primary N) is 2.